The van der Waals surface area contributed by atoms with Gasteiger partial charge in [0.2, 0.25) is 0 Å². The van der Waals surface area contributed by atoms with E-state index in [1.165, 1.54) is 76.4 Å². The van der Waals surface area contributed by atoms with E-state index in [0.717, 1.165) is 29.4 Å². The van der Waals surface area contributed by atoms with Crippen molar-refractivity contribution in [3.05, 3.63) is 131 Å². The molecule has 6 aromatic rings. The number of ether oxygens (including phenoxy) is 2. The molecule has 0 amide bonds. The van der Waals surface area contributed by atoms with Gasteiger partial charge < -0.3 is 9.47 Å². The van der Waals surface area contributed by atoms with Crippen molar-refractivity contribution in [3.63, 3.8) is 0 Å². The predicted octanol–water partition coefficient (Wildman–Crippen LogP) is 10.0. The Morgan fingerprint density at radius 3 is 1.43 bits per heavy atom. The van der Waals surface area contributed by atoms with Crippen molar-refractivity contribution in [1.29, 1.82) is 0 Å². The average molecular weight is 673 g/mol. The number of para-hydroxylation sites is 4. The minimum atomic E-state index is -1.96. The van der Waals surface area contributed by atoms with Gasteiger partial charge in [-0.25, -0.2) is 0 Å². The maximum Gasteiger partial charge on any atom is 0.134 e. The van der Waals surface area contributed by atoms with Crippen LogP contribution in [0.25, 0.3) is 33.4 Å². The fourth-order valence-electron chi connectivity index (χ4n) is 8.61. The van der Waals surface area contributed by atoms with E-state index in [-0.39, 0.29) is 0 Å². The first-order valence-corrected chi connectivity index (χ1v) is 23.6. The van der Waals surface area contributed by atoms with Gasteiger partial charge in [-0.1, -0.05) is 130 Å². The second-order valence-corrected chi connectivity index (χ2v) is 23.5. The fraction of sp³-hybridized carbons (Fsp3) is 0.200. The van der Waals surface area contributed by atoms with Crippen LogP contribution in [0.4, 0.5) is 0 Å². The first kappa shape index (κ1) is 31.6. The second kappa shape index (κ2) is 11.5. The lowest BCUT2D eigenvalue weighted by Crippen LogP contribution is -2.56. The third kappa shape index (κ3) is 4.72. The van der Waals surface area contributed by atoms with Crippen LogP contribution in [0.15, 0.2) is 109 Å². The van der Waals surface area contributed by atoms with E-state index in [2.05, 4.69) is 163 Å². The van der Waals surface area contributed by atoms with Gasteiger partial charge in [0.25, 0.3) is 0 Å². The molecule has 0 unspecified atom stereocenters. The molecule has 2 heterocycles. The first-order valence-electron chi connectivity index (χ1n) is 17.6. The van der Waals surface area contributed by atoms with Gasteiger partial charge in [-0.15, -0.1) is 0 Å². The fourth-order valence-corrected chi connectivity index (χ4v) is 14.2. The van der Waals surface area contributed by atoms with Crippen LogP contribution in [0.3, 0.4) is 0 Å². The monoisotopic (exact) mass is 672 g/mol. The van der Waals surface area contributed by atoms with Crippen LogP contribution in [-0.4, -0.2) is 16.1 Å². The molecule has 0 saturated heterocycles. The Hall–Kier alpha value is -4.65. The summed E-state index contributed by atoms with van der Waals surface area (Å²) in [6, 6.07) is 40.1. The summed E-state index contributed by atoms with van der Waals surface area (Å²) in [5.74, 6) is 4.07. The zero-order valence-corrected chi connectivity index (χ0v) is 31.9. The molecular formula is C45H44O2Si2. The Morgan fingerprint density at radius 1 is 0.449 bits per heavy atom. The summed E-state index contributed by atoms with van der Waals surface area (Å²) in [5, 5.41) is 5.46. The molecule has 49 heavy (non-hydrogen) atoms. The van der Waals surface area contributed by atoms with E-state index in [0.29, 0.717) is 0 Å². The molecule has 4 heteroatoms. The van der Waals surface area contributed by atoms with Gasteiger partial charge in [-0.2, -0.15) is 0 Å². The molecule has 2 aliphatic heterocycles. The number of aryl methyl sites for hydroxylation is 2. The quantitative estimate of drug-likeness (QED) is 0.174. The van der Waals surface area contributed by atoms with Crippen LogP contribution < -0.4 is 30.2 Å². The summed E-state index contributed by atoms with van der Waals surface area (Å²) in [7, 11) is -3.91. The molecule has 8 rings (SSSR count). The average Bonchev–Trinajstić information content (AvgIpc) is 3.09. The Balaban J connectivity index is 1.31. The highest BCUT2D eigenvalue weighted by Crippen LogP contribution is 2.46. The maximum atomic E-state index is 6.83. The smallest absolute Gasteiger partial charge is 0.134 e. The number of fused-ring (bicyclic) bond motifs is 4. The van der Waals surface area contributed by atoms with Crippen molar-refractivity contribution in [2.75, 3.05) is 0 Å². The van der Waals surface area contributed by atoms with Gasteiger partial charge in [-0.05, 0) is 105 Å². The third-order valence-corrected chi connectivity index (χ3v) is 18.4. The molecule has 0 radical (unpaired) electrons. The van der Waals surface area contributed by atoms with Gasteiger partial charge in [0.15, 0.2) is 0 Å². The van der Waals surface area contributed by atoms with E-state index >= 15 is 0 Å². The lowest BCUT2D eigenvalue weighted by Gasteiger charge is -2.34. The minimum absolute atomic E-state index is 0.949. The minimum Gasteiger partial charge on any atom is -0.457 e. The molecule has 0 saturated carbocycles. The van der Waals surface area contributed by atoms with Crippen molar-refractivity contribution >= 4 is 36.9 Å². The number of hydrogen-bond acceptors (Lipinski definition) is 2. The van der Waals surface area contributed by atoms with E-state index < -0.39 is 16.1 Å². The van der Waals surface area contributed by atoms with Gasteiger partial charge in [0.1, 0.15) is 39.1 Å². The van der Waals surface area contributed by atoms with Crippen LogP contribution in [0, 0.1) is 20.8 Å². The van der Waals surface area contributed by atoms with Crippen LogP contribution in [-0.2, 0) is 6.42 Å². The summed E-state index contributed by atoms with van der Waals surface area (Å²) in [6.07, 6.45) is 0.949. The highest BCUT2D eigenvalue weighted by molar-refractivity contribution is 7.02. The molecule has 0 atom stereocenters. The first-order chi connectivity index (χ1) is 23.5. The molecule has 0 aliphatic carbocycles. The van der Waals surface area contributed by atoms with Gasteiger partial charge in [0.05, 0.1) is 0 Å². The van der Waals surface area contributed by atoms with E-state index in [1.54, 1.807) is 0 Å². The topological polar surface area (TPSA) is 18.5 Å². The van der Waals surface area contributed by atoms with Gasteiger partial charge >= 0.3 is 0 Å². The molecule has 0 fully saturated rings. The summed E-state index contributed by atoms with van der Waals surface area (Å²) in [4.78, 5) is 0. The molecule has 0 N–H and O–H groups in total. The lowest BCUT2D eigenvalue weighted by atomic mass is 9.84. The highest BCUT2D eigenvalue weighted by atomic mass is 28.3. The summed E-state index contributed by atoms with van der Waals surface area (Å²) >= 11 is 0. The Labute approximate surface area is 293 Å². The molecule has 0 bridgehead atoms. The Kier molecular flexibility index (Phi) is 7.40. The highest BCUT2D eigenvalue weighted by Gasteiger charge is 2.39. The van der Waals surface area contributed by atoms with E-state index in [1.807, 2.05) is 0 Å². The SMILES string of the molecule is CCc1ccc(-c2ccc(C)c(-c3cccc4c3Oc3ccccc3[Si]4(C)C)c2C)c(C)c1-c1cccc2c1Oc1ccccc1[Si]2(C)C. The molecular weight excluding hydrogens is 629 g/mol. The molecule has 244 valence electrons. The normalized spacial score (nSPS) is 14.9. The standard InChI is InChI=1S/C45H44O2Si2/c1-9-31-25-27-33(30(4)43(31)35-17-15-23-41-45(35)47-37-19-11-13-21-39(37)49(41,7)8)32-26-24-28(2)42(29(32)3)34-16-14-22-40-44(34)46-36-18-10-12-20-38(36)48(40,5)6/h10-27H,9H2,1-8H3. The Bertz CT molecular complexity index is 2310. The van der Waals surface area contributed by atoms with Crippen LogP contribution >= 0.6 is 0 Å². The van der Waals surface area contributed by atoms with Crippen molar-refractivity contribution in [3.8, 4) is 56.4 Å². The number of benzene rings is 6. The number of hydrogen-bond donors (Lipinski definition) is 0. The van der Waals surface area contributed by atoms with Crippen LogP contribution in [0.1, 0.15) is 29.2 Å². The zero-order valence-electron chi connectivity index (χ0n) is 29.9. The predicted molar refractivity (Wildman–Crippen MR) is 213 cm³/mol. The molecule has 2 nitrogen and oxygen atoms in total. The number of rotatable bonds is 4. The summed E-state index contributed by atoms with van der Waals surface area (Å²) in [6.45, 7) is 18.9. The summed E-state index contributed by atoms with van der Waals surface area (Å²) in [5.41, 5.74) is 12.7. The van der Waals surface area contributed by atoms with E-state index in [9.17, 15) is 0 Å². The third-order valence-electron chi connectivity index (χ3n) is 11.4. The second-order valence-electron chi connectivity index (χ2n) is 14.9. The van der Waals surface area contributed by atoms with E-state index in [4.69, 9.17) is 9.47 Å². The van der Waals surface area contributed by atoms with Gasteiger partial charge in [0, 0.05) is 11.1 Å². The van der Waals surface area contributed by atoms with Crippen LogP contribution in [0.2, 0.25) is 26.2 Å². The van der Waals surface area contributed by atoms with Gasteiger partial charge in [-0.3, -0.25) is 0 Å². The molecule has 0 aromatic heterocycles. The molecule has 2 aliphatic rings. The van der Waals surface area contributed by atoms with Crippen molar-refractivity contribution in [2.24, 2.45) is 0 Å². The van der Waals surface area contributed by atoms with Crippen molar-refractivity contribution in [2.45, 2.75) is 60.3 Å². The lowest BCUT2D eigenvalue weighted by molar-refractivity contribution is 0.488. The molecule has 6 aromatic carbocycles. The zero-order chi connectivity index (χ0) is 34.2. The molecule has 0 spiro atoms. The van der Waals surface area contributed by atoms with Crippen LogP contribution in [0.5, 0.6) is 23.0 Å². The maximum absolute atomic E-state index is 6.83. The van der Waals surface area contributed by atoms with Crippen molar-refractivity contribution < 1.29 is 9.47 Å². The Morgan fingerprint density at radius 2 is 0.898 bits per heavy atom. The van der Waals surface area contributed by atoms with Crippen molar-refractivity contribution in [1.82, 2.24) is 0 Å². The largest absolute Gasteiger partial charge is 0.457 e. The summed E-state index contributed by atoms with van der Waals surface area (Å²) < 4.78 is 13.6.